The molecule has 148 valence electrons. The quantitative estimate of drug-likeness (QED) is 0.287. The second-order valence-corrected chi connectivity index (χ2v) is 6.20. The van der Waals surface area contributed by atoms with Crippen LogP contribution in [0.1, 0.15) is 11.6 Å². The molecule has 3 rings (SSSR count). The number of halogens is 2. The molecule has 0 amide bonds. The second-order valence-electron chi connectivity index (χ2n) is 5.77. The summed E-state index contributed by atoms with van der Waals surface area (Å²) < 4.78 is 5.30. The van der Waals surface area contributed by atoms with Gasteiger partial charge in [-0.2, -0.15) is 4.98 Å². The van der Waals surface area contributed by atoms with Crippen LogP contribution in [0.5, 0.6) is 0 Å². The summed E-state index contributed by atoms with van der Waals surface area (Å²) in [5.74, 6) is 1.85. The Morgan fingerprint density at radius 3 is 2.50 bits per heavy atom. The molecule has 0 saturated heterocycles. The van der Waals surface area contributed by atoms with Crippen molar-refractivity contribution in [3.8, 4) is 11.4 Å². The maximum absolute atomic E-state index is 5.89. The number of hydrogen-bond donors (Lipinski definition) is 2. The maximum Gasteiger partial charge on any atom is 0.228 e. The highest BCUT2D eigenvalue weighted by Crippen LogP contribution is 2.18. The summed E-state index contributed by atoms with van der Waals surface area (Å²) in [6, 6.07) is 13.2. The van der Waals surface area contributed by atoms with Crippen molar-refractivity contribution in [2.75, 3.05) is 20.1 Å². The number of guanidine groups is 1. The van der Waals surface area contributed by atoms with Crippen molar-refractivity contribution in [1.82, 2.24) is 25.8 Å². The molecular weight excluding hydrogens is 491 g/mol. The molecular formula is C19H22ClIN6O. The zero-order valence-electron chi connectivity index (χ0n) is 15.4. The predicted molar refractivity (Wildman–Crippen MR) is 121 cm³/mol. The van der Waals surface area contributed by atoms with Gasteiger partial charge in [0.1, 0.15) is 0 Å². The molecule has 2 heterocycles. The number of rotatable bonds is 7. The topological polar surface area (TPSA) is 88.2 Å². The fourth-order valence-electron chi connectivity index (χ4n) is 2.44. The van der Waals surface area contributed by atoms with Gasteiger partial charge in [-0.05, 0) is 36.4 Å². The lowest BCUT2D eigenvalue weighted by Crippen LogP contribution is -2.39. The van der Waals surface area contributed by atoms with E-state index in [0.29, 0.717) is 29.7 Å². The van der Waals surface area contributed by atoms with E-state index >= 15 is 0 Å². The van der Waals surface area contributed by atoms with E-state index in [9.17, 15) is 0 Å². The Hall–Kier alpha value is -2.20. The molecule has 0 fully saturated rings. The smallest absolute Gasteiger partial charge is 0.228 e. The molecule has 0 bridgehead atoms. The fraction of sp³-hybridized carbons (Fsp3) is 0.263. The molecule has 28 heavy (non-hydrogen) atoms. The van der Waals surface area contributed by atoms with Gasteiger partial charge in [0.25, 0.3) is 0 Å². The van der Waals surface area contributed by atoms with Gasteiger partial charge in [0.15, 0.2) is 5.96 Å². The van der Waals surface area contributed by atoms with Crippen LogP contribution in [0.25, 0.3) is 11.4 Å². The third-order valence-corrected chi connectivity index (χ3v) is 4.08. The second kappa shape index (κ2) is 11.6. The Morgan fingerprint density at radius 2 is 1.82 bits per heavy atom. The number of benzene rings is 1. The number of nitrogens with one attached hydrogen (secondary N) is 2. The van der Waals surface area contributed by atoms with Gasteiger partial charge in [0.05, 0.1) is 0 Å². The average Bonchev–Trinajstić information content (AvgIpc) is 3.17. The van der Waals surface area contributed by atoms with Gasteiger partial charge in [-0.1, -0.05) is 22.8 Å². The molecule has 7 nitrogen and oxygen atoms in total. The first-order valence-corrected chi connectivity index (χ1v) is 9.05. The predicted octanol–water partition coefficient (Wildman–Crippen LogP) is 3.35. The van der Waals surface area contributed by atoms with Gasteiger partial charge in [-0.15, -0.1) is 24.0 Å². The molecule has 0 aliphatic heterocycles. The Morgan fingerprint density at radius 1 is 1.07 bits per heavy atom. The van der Waals surface area contributed by atoms with Crippen molar-refractivity contribution < 1.29 is 4.52 Å². The van der Waals surface area contributed by atoms with E-state index in [0.717, 1.165) is 30.2 Å². The number of hydrogen-bond acceptors (Lipinski definition) is 5. The Balaban J connectivity index is 0.00000280. The molecule has 9 heteroatoms. The molecule has 0 saturated carbocycles. The fourth-order valence-corrected chi connectivity index (χ4v) is 2.56. The SMILES string of the molecule is CN=C(NCCc1ccccn1)NCCc1nc(-c2ccc(Cl)cc2)no1.I. The third-order valence-electron chi connectivity index (χ3n) is 3.83. The first-order valence-electron chi connectivity index (χ1n) is 8.67. The highest BCUT2D eigenvalue weighted by molar-refractivity contribution is 14.0. The summed E-state index contributed by atoms with van der Waals surface area (Å²) in [4.78, 5) is 12.9. The molecule has 0 aliphatic rings. The Labute approximate surface area is 186 Å². The van der Waals surface area contributed by atoms with Gasteiger partial charge >= 0.3 is 0 Å². The Kier molecular flexibility index (Phi) is 9.15. The molecule has 0 spiro atoms. The van der Waals surface area contributed by atoms with Crippen LogP contribution < -0.4 is 10.6 Å². The van der Waals surface area contributed by atoms with E-state index in [1.165, 1.54) is 0 Å². The van der Waals surface area contributed by atoms with E-state index in [4.69, 9.17) is 16.1 Å². The van der Waals surface area contributed by atoms with Crippen molar-refractivity contribution in [3.63, 3.8) is 0 Å². The molecule has 1 aromatic carbocycles. The lowest BCUT2D eigenvalue weighted by atomic mass is 10.2. The monoisotopic (exact) mass is 512 g/mol. The van der Waals surface area contributed by atoms with Crippen LogP contribution in [0.4, 0.5) is 0 Å². The largest absolute Gasteiger partial charge is 0.356 e. The summed E-state index contributed by atoms with van der Waals surface area (Å²) in [5.41, 5.74) is 1.91. The highest BCUT2D eigenvalue weighted by Gasteiger charge is 2.08. The molecule has 0 aliphatic carbocycles. The summed E-state index contributed by atoms with van der Waals surface area (Å²) in [6.45, 7) is 1.38. The lowest BCUT2D eigenvalue weighted by molar-refractivity contribution is 0.378. The summed E-state index contributed by atoms with van der Waals surface area (Å²) in [5, 5.41) is 11.2. The van der Waals surface area contributed by atoms with Crippen LogP contribution in [0.3, 0.4) is 0 Å². The summed E-state index contributed by atoms with van der Waals surface area (Å²) in [7, 11) is 1.74. The standard InChI is InChI=1S/C19H21ClN6O.HI/c1-21-19(23-12-9-16-4-2-3-11-22-16)24-13-10-17-25-18(26-27-17)14-5-7-15(20)8-6-14;/h2-8,11H,9-10,12-13H2,1H3,(H2,21,23,24);1H. The van der Waals surface area contributed by atoms with E-state index in [1.54, 1.807) is 25.4 Å². The van der Waals surface area contributed by atoms with Crippen LogP contribution in [0, 0.1) is 0 Å². The molecule has 3 aromatic rings. The minimum atomic E-state index is 0. The number of aromatic nitrogens is 3. The molecule has 0 unspecified atom stereocenters. The van der Waals surface area contributed by atoms with Crippen molar-refractivity contribution in [2.45, 2.75) is 12.8 Å². The zero-order valence-corrected chi connectivity index (χ0v) is 18.5. The number of nitrogens with zero attached hydrogens (tertiary/aromatic N) is 4. The van der Waals surface area contributed by atoms with Crippen molar-refractivity contribution in [3.05, 3.63) is 65.3 Å². The normalized spacial score (nSPS) is 11.0. The first-order chi connectivity index (χ1) is 13.2. The van der Waals surface area contributed by atoms with E-state index in [2.05, 4.69) is 30.8 Å². The summed E-state index contributed by atoms with van der Waals surface area (Å²) in [6.07, 6.45) is 3.22. The van der Waals surface area contributed by atoms with Crippen LogP contribution in [-0.4, -0.2) is 41.2 Å². The summed E-state index contributed by atoms with van der Waals surface area (Å²) >= 11 is 5.89. The van der Waals surface area contributed by atoms with Crippen molar-refractivity contribution in [1.29, 1.82) is 0 Å². The minimum Gasteiger partial charge on any atom is -0.356 e. The van der Waals surface area contributed by atoms with Crippen molar-refractivity contribution >= 4 is 41.5 Å². The molecule has 2 N–H and O–H groups in total. The Bertz CT molecular complexity index is 870. The molecule has 0 radical (unpaired) electrons. The van der Waals surface area contributed by atoms with E-state index in [1.807, 2.05) is 30.3 Å². The number of pyridine rings is 1. The van der Waals surface area contributed by atoms with Gasteiger partial charge in [0, 0.05) is 55.5 Å². The van der Waals surface area contributed by atoms with Crippen molar-refractivity contribution in [2.24, 2.45) is 4.99 Å². The first kappa shape index (κ1) is 22.1. The van der Waals surface area contributed by atoms with Crippen LogP contribution in [0.2, 0.25) is 5.02 Å². The van der Waals surface area contributed by atoms with E-state index in [-0.39, 0.29) is 24.0 Å². The van der Waals surface area contributed by atoms with Gasteiger partial charge in [-0.25, -0.2) is 0 Å². The lowest BCUT2D eigenvalue weighted by Gasteiger charge is -2.10. The van der Waals surface area contributed by atoms with Crippen LogP contribution in [0.15, 0.2) is 58.2 Å². The third kappa shape index (κ3) is 6.75. The van der Waals surface area contributed by atoms with E-state index < -0.39 is 0 Å². The van der Waals surface area contributed by atoms with Gasteiger partial charge < -0.3 is 15.2 Å². The van der Waals surface area contributed by atoms with Crippen LogP contribution in [-0.2, 0) is 12.8 Å². The maximum atomic E-state index is 5.89. The minimum absolute atomic E-state index is 0. The molecule has 0 atom stereocenters. The van der Waals surface area contributed by atoms with Gasteiger partial charge in [0.2, 0.25) is 11.7 Å². The average molecular weight is 513 g/mol. The molecule has 2 aromatic heterocycles. The highest BCUT2D eigenvalue weighted by atomic mass is 127. The number of aliphatic imine (C=N–C) groups is 1. The van der Waals surface area contributed by atoms with Gasteiger partial charge in [-0.3, -0.25) is 9.98 Å². The van der Waals surface area contributed by atoms with Crippen LogP contribution >= 0.6 is 35.6 Å². The zero-order chi connectivity index (χ0) is 18.9.